The molecule has 0 spiro atoms. The number of hydrogen-bond acceptors (Lipinski definition) is 5. The van der Waals surface area contributed by atoms with Crippen molar-refractivity contribution >= 4 is 16.8 Å². The number of carbonyl (C=O) groups excluding carboxylic acids is 1. The maximum absolute atomic E-state index is 12.6. The molecule has 1 aliphatic heterocycles. The molecule has 0 N–H and O–H groups in total. The summed E-state index contributed by atoms with van der Waals surface area (Å²) < 4.78 is 7.15. The summed E-state index contributed by atoms with van der Waals surface area (Å²) in [6.07, 6.45) is 3.48. The highest BCUT2D eigenvalue weighted by Gasteiger charge is 2.22. The molecule has 7 heteroatoms. The summed E-state index contributed by atoms with van der Waals surface area (Å²) in [5, 5.41) is 5.19. The largest absolute Gasteiger partial charge is 0.350 e. The Hall–Kier alpha value is -2.67. The Balaban J connectivity index is 1.29. The van der Waals surface area contributed by atoms with Crippen LogP contribution in [-0.2, 0) is 24.8 Å². The Labute approximate surface area is 158 Å². The maximum atomic E-state index is 12.6. The van der Waals surface area contributed by atoms with Gasteiger partial charge in [0.15, 0.2) is 5.82 Å². The second-order valence-corrected chi connectivity index (χ2v) is 7.17. The third-order valence-corrected chi connectivity index (χ3v) is 5.25. The molecule has 0 atom stereocenters. The van der Waals surface area contributed by atoms with Gasteiger partial charge in [-0.2, -0.15) is 4.98 Å². The van der Waals surface area contributed by atoms with Crippen LogP contribution >= 0.6 is 0 Å². The van der Waals surface area contributed by atoms with Crippen molar-refractivity contribution in [1.82, 2.24) is 24.5 Å². The summed E-state index contributed by atoms with van der Waals surface area (Å²) in [7, 11) is 2.05. The summed E-state index contributed by atoms with van der Waals surface area (Å²) in [4.78, 5) is 21.1. The van der Waals surface area contributed by atoms with Crippen molar-refractivity contribution in [2.24, 2.45) is 7.05 Å². The maximum Gasteiger partial charge on any atom is 0.223 e. The van der Waals surface area contributed by atoms with E-state index in [9.17, 15) is 4.79 Å². The number of carbonyl (C=O) groups is 1. The molecule has 0 bridgehead atoms. The molecule has 0 radical (unpaired) electrons. The molecule has 1 aromatic carbocycles. The average molecular weight is 367 g/mol. The highest BCUT2D eigenvalue weighted by atomic mass is 16.5. The number of para-hydroxylation sites is 1. The summed E-state index contributed by atoms with van der Waals surface area (Å²) in [5.74, 6) is 1.54. The zero-order chi connectivity index (χ0) is 18.8. The van der Waals surface area contributed by atoms with Gasteiger partial charge in [-0.3, -0.25) is 9.69 Å². The van der Waals surface area contributed by atoms with Crippen LogP contribution in [0.4, 0.5) is 0 Å². The van der Waals surface area contributed by atoms with Crippen molar-refractivity contribution < 1.29 is 9.32 Å². The van der Waals surface area contributed by atoms with Crippen LogP contribution in [0.5, 0.6) is 0 Å². The number of nitrogens with zero attached hydrogens (tertiary/aromatic N) is 5. The van der Waals surface area contributed by atoms with E-state index in [0.29, 0.717) is 24.7 Å². The second-order valence-electron chi connectivity index (χ2n) is 7.17. The normalized spacial score (nSPS) is 15.6. The second kappa shape index (κ2) is 7.52. The number of fused-ring (bicyclic) bond motifs is 1. The molecule has 0 saturated carbocycles. The Morgan fingerprint density at radius 1 is 1.19 bits per heavy atom. The summed E-state index contributed by atoms with van der Waals surface area (Å²) in [6, 6.07) is 8.35. The van der Waals surface area contributed by atoms with E-state index >= 15 is 0 Å². The standard InChI is InChI=1S/C20H25N5O2/c1-15-21-19(22-27-15)14-24-9-11-25(12-10-24)20(26)8-7-16-13-23(2)18-6-4-3-5-17(16)18/h3-6,13H,7-12,14H2,1-2H3. The predicted molar refractivity (Wildman–Crippen MR) is 102 cm³/mol. The van der Waals surface area contributed by atoms with E-state index < -0.39 is 0 Å². The minimum absolute atomic E-state index is 0.234. The first-order chi connectivity index (χ1) is 13.1. The third-order valence-electron chi connectivity index (χ3n) is 5.25. The fourth-order valence-electron chi connectivity index (χ4n) is 3.79. The molecule has 142 valence electrons. The van der Waals surface area contributed by atoms with E-state index in [4.69, 9.17) is 4.52 Å². The molecule has 0 aliphatic carbocycles. The van der Waals surface area contributed by atoms with Crippen LogP contribution in [0, 0.1) is 6.92 Å². The van der Waals surface area contributed by atoms with E-state index in [0.717, 1.165) is 32.6 Å². The van der Waals surface area contributed by atoms with Gasteiger partial charge in [-0.25, -0.2) is 0 Å². The van der Waals surface area contributed by atoms with Crippen LogP contribution in [0.3, 0.4) is 0 Å². The van der Waals surface area contributed by atoms with Gasteiger partial charge in [0.1, 0.15) is 0 Å². The lowest BCUT2D eigenvalue weighted by Crippen LogP contribution is -2.48. The molecule has 1 amide bonds. The molecular weight excluding hydrogens is 342 g/mol. The van der Waals surface area contributed by atoms with E-state index in [-0.39, 0.29) is 5.91 Å². The number of aromatic nitrogens is 3. The predicted octanol–water partition coefficient (Wildman–Crippen LogP) is 2.15. The third kappa shape index (κ3) is 3.88. The highest BCUT2D eigenvalue weighted by Crippen LogP contribution is 2.22. The van der Waals surface area contributed by atoms with Gasteiger partial charge in [0, 0.05) is 63.7 Å². The highest BCUT2D eigenvalue weighted by molar-refractivity contribution is 5.85. The summed E-state index contributed by atoms with van der Waals surface area (Å²) in [5.41, 5.74) is 2.46. The van der Waals surface area contributed by atoms with E-state index in [1.54, 1.807) is 6.92 Å². The summed E-state index contributed by atoms with van der Waals surface area (Å²) in [6.45, 7) is 5.66. The lowest BCUT2D eigenvalue weighted by atomic mass is 10.1. The monoisotopic (exact) mass is 367 g/mol. The molecule has 3 aromatic rings. The zero-order valence-electron chi connectivity index (χ0n) is 15.9. The van der Waals surface area contributed by atoms with Gasteiger partial charge in [-0.05, 0) is 18.1 Å². The molecular formula is C20H25N5O2. The smallest absolute Gasteiger partial charge is 0.223 e. The quantitative estimate of drug-likeness (QED) is 0.691. The van der Waals surface area contributed by atoms with Crippen molar-refractivity contribution in [3.05, 3.63) is 47.7 Å². The molecule has 27 heavy (non-hydrogen) atoms. The molecule has 7 nitrogen and oxygen atoms in total. The van der Waals surface area contributed by atoms with Gasteiger partial charge >= 0.3 is 0 Å². The minimum atomic E-state index is 0.234. The van der Waals surface area contributed by atoms with Gasteiger partial charge in [0.25, 0.3) is 0 Å². The fourth-order valence-corrected chi connectivity index (χ4v) is 3.79. The van der Waals surface area contributed by atoms with Crippen LogP contribution in [0.1, 0.15) is 23.7 Å². The van der Waals surface area contributed by atoms with Crippen molar-refractivity contribution in [2.45, 2.75) is 26.3 Å². The number of rotatable bonds is 5. The average Bonchev–Trinajstić information content (AvgIpc) is 3.23. The number of amides is 1. The van der Waals surface area contributed by atoms with E-state index in [2.05, 4.69) is 51.1 Å². The van der Waals surface area contributed by atoms with E-state index in [1.165, 1.54) is 16.5 Å². The molecule has 1 saturated heterocycles. The lowest BCUT2D eigenvalue weighted by molar-refractivity contribution is -0.133. The topological polar surface area (TPSA) is 67.4 Å². The zero-order valence-corrected chi connectivity index (χ0v) is 15.9. The molecule has 1 fully saturated rings. The first kappa shape index (κ1) is 17.7. The number of benzene rings is 1. The van der Waals surface area contributed by atoms with Crippen molar-refractivity contribution in [3.63, 3.8) is 0 Å². The number of hydrogen-bond donors (Lipinski definition) is 0. The van der Waals surface area contributed by atoms with Crippen LogP contribution < -0.4 is 0 Å². The first-order valence-corrected chi connectivity index (χ1v) is 9.42. The minimum Gasteiger partial charge on any atom is -0.350 e. The van der Waals surface area contributed by atoms with Gasteiger partial charge < -0.3 is 14.0 Å². The van der Waals surface area contributed by atoms with Crippen molar-refractivity contribution in [3.8, 4) is 0 Å². The Kier molecular flexibility index (Phi) is 4.94. The summed E-state index contributed by atoms with van der Waals surface area (Å²) >= 11 is 0. The van der Waals surface area contributed by atoms with E-state index in [1.807, 2.05) is 11.0 Å². The Morgan fingerprint density at radius 3 is 2.70 bits per heavy atom. The molecule has 0 unspecified atom stereocenters. The lowest BCUT2D eigenvalue weighted by Gasteiger charge is -2.34. The molecule has 2 aromatic heterocycles. The van der Waals surface area contributed by atoms with Gasteiger partial charge in [0.2, 0.25) is 11.8 Å². The van der Waals surface area contributed by atoms with Gasteiger partial charge in [-0.15, -0.1) is 0 Å². The fraction of sp³-hybridized carbons (Fsp3) is 0.450. The Bertz CT molecular complexity index is 937. The Morgan fingerprint density at radius 2 is 1.96 bits per heavy atom. The molecule has 4 rings (SSSR count). The van der Waals surface area contributed by atoms with Crippen LogP contribution in [0.25, 0.3) is 10.9 Å². The SMILES string of the molecule is Cc1nc(CN2CCN(C(=O)CCc3cn(C)c4ccccc34)CC2)no1. The number of aryl methyl sites for hydroxylation is 3. The van der Waals surface area contributed by atoms with Crippen LogP contribution in [0.15, 0.2) is 35.0 Å². The van der Waals surface area contributed by atoms with Crippen molar-refractivity contribution in [1.29, 1.82) is 0 Å². The van der Waals surface area contributed by atoms with Crippen LogP contribution in [-0.4, -0.2) is 56.6 Å². The first-order valence-electron chi connectivity index (χ1n) is 9.42. The van der Waals surface area contributed by atoms with Crippen molar-refractivity contribution in [2.75, 3.05) is 26.2 Å². The van der Waals surface area contributed by atoms with Gasteiger partial charge in [0.05, 0.1) is 6.54 Å². The van der Waals surface area contributed by atoms with Crippen LogP contribution in [0.2, 0.25) is 0 Å². The van der Waals surface area contributed by atoms with Gasteiger partial charge in [-0.1, -0.05) is 23.4 Å². The molecule has 1 aliphatic rings. The molecule has 3 heterocycles. The number of piperazine rings is 1.